The van der Waals surface area contributed by atoms with E-state index in [0.717, 1.165) is 26.7 Å². The van der Waals surface area contributed by atoms with E-state index in [1.54, 1.807) is 65.6 Å². The lowest BCUT2D eigenvalue weighted by Crippen LogP contribution is -2.52. The average Bonchev–Trinajstić information content (AvgIpc) is 4.17. The lowest BCUT2D eigenvalue weighted by molar-refractivity contribution is -0.126. The van der Waals surface area contributed by atoms with Gasteiger partial charge in [-0.05, 0) is 83.9 Å². The van der Waals surface area contributed by atoms with E-state index in [9.17, 15) is 28.8 Å². The maximum atomic E-state index is 13.1. The number of methoxy groups -OCH3 is 2. The first kappa shape index (κ1) is 40.1. The van der Waals surface area contributed by atoms with Gasteiger partial charge in [-0.25, -0.2) is 19.3 Å². The first-order valence-corrected chi connectivity index (χ1v) is 20.4. The molecule has 7 aromatic rings. The van der Waals surface area contributed by atoms with Gasteiger partial charge < -0.3 is 38.7 Å². The van der Waals surface area contributed by atoms with Gasteiger partial charge in [0.05, 0.1) is 33.0 Å². The third kappa shape index (κ3) is 6.65. The molecule has 0 aliphatic carbocycles. The van der Waals surface area contributed by atoms with E-state index in [-0.39, 0.29) is 36.4 Å². The van der Waals surface area contributed by atoms with E-state index in [1.807, 2.05) is 30.3 Å². The summed E-state index contributed by atoms with van der Waals surface area (Å²) in [5, 5.41) is 15.5. The number of carbonyl (C=O) groups excluding carboxylic acids is 6. The van der Waals surface area contributed by atoms with E-state index in [1.165, 1.54) is 30.3 Å². The maximum absolute atomic E-state index is 13.1. The van der Waals surface area contributed by atoms with Gasteiger partial charge in [-0.3, -0.25) is 29.8 Å². The minimum Gasteiger partial charge on any atom is -0.497 e. The predicted octanol–water partition coefficient (Wildman–Crippen LogP) is 4.61. The normalized spacial score (nSPS) is 19.9. The molecule has 19 nitrogen and oxygen atoms in total. The summed E-state index contributed by atoms with van der Waals surface area (Å²) in [6, 6.07) is 23.5. The highest BCUT2D eigenvalue weighted by Gasteiger charge is 2.54. The number of hydrogen-bond acceptors (Lipinski definition) is 12. The third-order valence-corrected chi connectivity index (χ3v) is 12.1. The average molecular weight is 929 g/mol. The van der Waals surface area contributed by atoms with Crippen molar-refractivity contribution >= 4 is 73.6 Å². The molecule has 2 fully saturated rings. The van der Waals surface area contributed by atoms with E-state index in [0.29, 0.717) is 52.3 Å². The van der Waals surface area contributed by atoms with Gasteiger partial charge in [0.15, 0.2) is 11.1 Å². The molecule has 4 N–H and O–H groups in total. The van der Waals surface area contributed by atoms with Crippen molar-refractivity contribution in [3.8, 4) is 17.2 Å². The number of rotatable bonds is 9. The molecule has 0 spiro atoms. The van der Waals surface area contributed by atoms with Gasteiger partial charge >= 0.3 is 12.1 Å². The molecule has 322 valence electrons. The van der Waals surface area contributed by atoms with Crippen LogP contribution >= 0.6 is 15.9 Å². The minimum atomic E-state index is -1.58. The van der Waals surface area contributed by atoms with Gasteiger partial charge in [0.1, 0.15) is 46.8 Å². The van der Waals surface area contributed by atoms with Gasteiger partial charge in [-0.1, -0.05) is 28.1 Å². The number of nitrogens with one attached hydrogen (secondary N) is 4. The fraction of sp³-hybridized carbons (Fsp3) is 0.182. The van der Waals surface area contributed by atoms with Crippen molar-refractivity contribution in [3.05, 3.63) is 136 Å². The quantitative estimate of drug-likeness (QED) is 0.146. The number of furan rings is 2. The lowest BCUT2D eigenvalue weighted by Gasteiger charge is -2.29. The summed E-state index contributed by atoms with van der Waals surface area (Å²) in [4.78, 5) is 83.4. The predicted molar refractivity (Wildman–Crippen MR) is 227 cm³/mol. The number of ether oxygens (including phenoxy) is 2. The Morgan fingerprint density at radius 3 is 1.64 bits per heavy atom. The highest BCUT2D eigenvalue weighted by Crippen LogP contribution is 2.37. The second-order valence-electron chi connectivity index (χ2n) is 15.5. The number of halogens is 1. The second-order valence-corrected chi connectivity index (χ2v) is 16.4. The fourth-order valence-electron chi connectivity index (χ4n) is 8.42. The van der Waals surface area contributed by atoms with Crippen LogP contribution in [-0.2, 0) is 33.8 Å². The number of hydrogen-bond donors (Lipinski definition) is 4. The van der Waals surface area contributed by atoms with Crippen LogP contribution in [0.5, 0.6) is 11.5 Å². The fourth-order valence-corrected chi connectivity index (χ4v) is 8.80. The van der Waals surface area contributed by atoms with Crippen LogP contribution in [0.3, 0.4) is 0 Å². The number of urea groups is 2. The number of fused-ring (bicyclic) bond motifs is 4. The molecule has 8 amide bonds. The third-order valence-electron chi connectivity index (χ3n) is 11.6. The number of carbonyl (C=O) groups is 6. The van der Waals surface area contributed by atoms with Crippen molar-refractivity contribution in [2.75, 3.05) is 27.3 Å². The minimum absolute atomic E-state index is 0.0681. The summed E-state index contributed by atoms with van der Waals surface area (Å²) in [7, 11) is 3.06. The Morgan fingerprint density at radius 1 is 0.656 bits per heavy atom. The highest BCUT2D eigenvalue weighted by molar-refractivity contribution is 9.10. The van der Waals surface area contributed by atoms with E-state index in [2.05, 4.69) is 47.3 Å². The molecule has 2 atom stereocenters. The van der Waals surface area contributed by atoms with Gasteiger partial charge in [-0.15, -0.1) is 0 Å². The largest absolute Gasteiger partial charge is 0.497 e. The molecule has 4 aliphatic heterocycles. The number of aromatic nitrogens is 3. The van der Waals surface area contributed by atoms with Crippen LogP contribution in [0.15, 0.2) is 111 Å². The number of benzene rings is 4. The van der Waals surface area contributed by atoms with Crippen LogP contribution in [0.25, 0.3) is 27.6 Å². The Balaban J connectivity index is 0.000000153. The zero-order valence-corrected chi connectivity index (χ0v) is 35.3. The SMILES string of the molecule is COc1ccc2c(c1)C(=O)N(C[C@@]1(c3cc4cc(-n5cncn5)ccc4o3)NC(=O)NC1=O)C2.COc1ccc2c(c1)C(=O)N(C[C@@]1(c3cc4cc(Br)ccc4o3)NC(=O)NC1=O)C2. The standard InChI is InChI=1S/C23H18N6O5.C21H16BrN3O5/c1-33-16-4-2-13-9-28(20(30)17(13)8-16)10-23(21(31)26-22(32)27-23)19-7-14-6-15(3-5-18(14)34-19)29-12-24-11-25-29;1-29-14-4-2-11-9-25(18(26)15(11)8-14)10-21(19(27)23-20(28)24-21)17-7-12-6-13(22)3-5-16(12)30-17/h2-8,11-12H,9-10H2,1H3,(H2,26,27,31,32);2-8H,9-10H2,1H3,(H2,23,24,27,28)/t23-;21-/m00/s1. The molecule has 0 radical (unpaired) electrons. The molecule has 4 aliphatic rings. The van der Waals surface area contributed by atoms with E-state index >= 15 is 0 Å². The van der Waals surface area contributed by atoms with Gasteiger partial charge in [0, 0.05) is 39.5 Å². The van der Waals surface area contributed by atoms with Crippen molar-refractivity contribution in [2.24, 2.45) is 0 Å². The topological polar surface area (TPSA) is 232 Å². The summed E-state index contributed by atoms with van der Waals surface area (Å²) in [6.07, 6.45) is 3.00. The Morgan fingerprint density at radius 2 is 1.17 bits per heavy atom. The second kappa shape index (κ2) is 15.1. The van der Waals surface area contributed by atoms with Gasteiger partial charge in [-0.2, -0.15) is 5.10 Å². The Kier molecular flexibility index (Phi) is 9.47. The van der Waals surface area contributed by atoms with Crippen molar-refractivity contribution in [2.45, 2.75) is 24.2 Å². The Labute approximate surface area is 369 Å². The van der Waals surface area contributed by atoms with Crippen molar-refractivity contribution < 1.29 is 47.1 Å². The molecule has 3 aromatic heterocycles. The van der Waals surface area contributed by atoms with Crippen LogP contribution in [-0.4, -0.2) is 87.6 Å². The summed E-state index contributed by atoms with van der Waals surface area (Å²) >= 11 is 3.41. The maximum Gasteiger partial charge on any atom is 0.322 e. The summed E-state index contributed by atoms with van der Waals surface area (Å²) in [5.74, 6) is -0.0167. The monoisotopic (exact) mass is 927 g/mol. The molecule has 7 heterocycles. The van der Waals surface area contributed by atoms with Crippen LogP contribution in [0, 0.1) is 0 Å². The van der Waals surface area contributed by atoms with Crippen LogP contribution < -0.4 is 30.7 Å². The van der Waals surface area contributed by atoms with Crippen molar-refractivity contribution in [1.29, 1.82) is 0 Å². The first-order chi connectivity index (χ1) is 30.9. The zero-order chi connectivity index (χ0) is 44.5. The summed E-state index contributed by atoms with van der Waals surface area (Å²) in [6.45, 7) is 0.437. The van der Waals surface area contributed by atoms with Crippen LogP contribution in [0.4, 0.5) is 9.59 Å². The van der Waals surface area contributed by atoms with Gasteiger partial charge in [0.2, 0.25) is 0 Å². The number of nitrogens with zero attached hydrogens (tertiary/aromatic N) is 5. The molecule has 11 rings (SSSR count). The molecule has 0 unspecified atom stereocenters. The van der Waals surface area contributed by atoms with Gasteiger partial charge in [0.25, 0.3) is 23.6 Å². The first-order valence-electron chi connectivity index (χ1n) is 19.6. The summed E-state index contributed by atoms with van der Waals surface area (Å²) < 4.78 is 24.9. The van der Waals surface area contributed by atoms with E-state index in [4.69, 9.17) is 18.3 Å². The molecule has 0 bridgehead atoms. The Bertz CT molecular complexity index is 3130. The number of amides is 8. The van der Waals surface area contributed by atoms with Crippen molar-refractivity contribution in [3.63, 3.8) is 0 Å². The summed E-state index contributed by atoms with van der Waals surface area (Å²) in [5.41, 5.74) is 1.40. The molecular weight excluding hydrogens is 894 g/mol. The molecule has 2 saturated heterocycles. The molecule has 64 heavy (non-hydrogen) atoms. The molecular formula is C44H34BrN9O10. The number of imide groups is 2. The smallest absolute Gasteiger partial charge is 0.322 e. The molecule has 4 aromatic carbocycles. The van der Waals surface area contributed by atoms with Crippen LogP contribution in [0.2, 0.25) is 0 Å². The molecule has 0 saturated carbocycles. The molecule has 20 heteroatoms. The van der Waals surface area contributed by atoms with E-state index < -0.39 is 35.0 Å². The Hall–Kier alpha value is -8.00. The highest BCUT2D eigenvalue weighted by atomic mass is 79.9. The zero-order valence-electron chi connectivity index (χ0n) is 33.8. The van der Waals surface area contributed by atoms with Crippen LogP contribution in [0.1, 0.15) is 43.4 Å². The van der Waals surface area contributed by atoms with Crippen molar-refractivity contribution in [1.82, 2.24) is 45.8 Å². The lowest BCUT2D eigenvalue weighted by atomic mass is 9.95.